The van der Waals surface area contributed by atoms with Gasteiger partial charge in [0.1, 0.15) is 18.1 Å². The second-order valence-corrected chi connectivity index (χ2v) is 8.97. The zero-order chi connectivity index (χ0) is 22.6. The summed E-state index contributed by atoms with van der Waals surface area (Å²) in [4.78, 5) is 27.4. The van der Waals surface area contributed by atoms with Gasteiger partial charge in [0.25, 0.3) is 0 Å². The molecule has 31 heavy (non-hydrogen) atoms. The van der Waals surface area contributed by atoms with Crippen LogP contribution in [-0.2, 0) is 16.0 Å². The van der Waals surface area contributed by atoms with Gasteiger partial charge in [-0.05, 0) is 56.5 Å². The van der Waals surface area contributed by atoms with E-state index < -0.39 is 5.41 Å². The maximum Gasteiger partial charge on any atom is 0.236 e. The van der Waals surface area contributed by atoms with Crippen molar-refractivity contribution in [1.29, 1.82) is 0 Å². The predicted octanol–water partition coefficient (Wildman–Crippen LogP) is 4.67. The minimum atomic E-state index is -0.620. The smallest absolute Gasteiger partial charge is 0.236 e. The largest absolute Gasteiger partial charge is 0.494 e. The van der Waals surface area contributed by atoms with E-state index in [0.717, 1.165) is 17.0 Å². The molecule has 0 fully saturated rings. The summed E-state index contributed by atoms with van der Waals surface area (Å²) < 4.78 is 11.4. The molecule has 0 bridgehead atoms. The lowest BCUT2D eigenvalue weighted by atomic mass is 9.92. The normalized spacial score (nSPS) is 15.2. The number of fused-ring (bicyclic) bond motifs is 1. The molecule has 3 rings (SSSR count). The fourth-order valence-electron chi connectivity index (χ4n) is 3.53. The molecule has 1 aliphatic heterocycles. The van der Waals surface area contributed by atoms with E-state index in [1.165, 1.54) is 0 Å². The first-order valence-corrected chi connectivity index (χ1v) is 10.8. The number of nitrogens with one attached hydrogen (secondary N) is 1. The molecule has 0 saturated carbocycles. The highest BCUT2D eigenvalue weighted by Crippen LogP contribution is 2.38. The van der Waals surface area contributed by atoms with E-state index >= 15 is 0 Å². The van der Waals surface area contributed by atoms with Crippen molar-refractivity contribution in [3.05, 3.63) is 48.0 Å². The fraction of sp³-hybridized carbons (Fsp3) is 0.440. The molecule has 1 heterocycles. The molecule has 2 aromatic carbocycles. The molecule has 6 nitrogen and oxygen atoms in total. The van der Waals surface area contributed by atoms with Crippen LogP contribution in [0, 0.1) is 11.3 Å². The molecule has 0 aliphatic carbocycles. The van der Waals surface area contributed by atoms with Crippen molar-refractivity contribution < 1.29 is 19.1 Å². The van der Waals surface area contributed by atoms with Crippen molar-refractivity contribution in [2.24, 2.45) is 11.3 Å². The van der Waals surface area contributed by atoms with Crippen LogP contribution >= 0.6 is 0 Å². The predicted molar refractivity (Wildman–Crippen MR) is 123 cm³/mol. The highest BCUT2D eigenvalue weighted by molar-refractivity contribution is 6.00. The van der Waals surface area contributed by atoms with E-state index in [1.54, 1.807) is 11.0 Å². The van der Waals surface area contributed by atoms with Crippen molar-refractivity contribution in [1.82, 2.24) is 0 Å². The fourth-order valence-corrected chi connectivity index (χ4v) is 3.53. The Balaban J connectivity index is 1.75. The van der Waals surface area contributed by atoms with E-state index in [4.69, 9.17) is 9.47 Å². The molecule has 6 heteroatoms. The van der Waals surface area contributed by atoms with Gasteiger partial charge < -0.3 is 19.7 Å². The molecule has 0 spiro atoms. The molecule has 0 atom stereocenters. The molecule has 2 amide bonds. The first-order chi connectivity index (χ1) is 14.7. The number of hydrogen-bond acceptors (Lipinski definition) is 4. The maximum absolute atomic E-state index is 13.1. The van der Waals surface area contributed by atoms with Crippen LogP contribution in [0.15, 0.2) is 42.5 Å². The molecule has 1 aliphatic rings. The lowest BCUT2D eigenvalue weighted by Crippen LogP contribution is -2.43. The van der Waals surface area contributed by atoms with Crippen LogP contribution in [0.25, 0.3) is 0 Å². The number of carbonyl (C=O) groups excluding carboxylic acids is 2. The molecule has 0 aromatic heterocycles. The van der Waals surface area contributed by atoms with E-state index in [-0.39, 0.29) is 24.8 Å². The van der Waals surface area contributed by atoms with Crippen molar-refractivity contribution in [2.75, 3.05) is 30.0 Å². The lowest BCUT2D eigenvalue weighted by Gasteiger charge is -2.29. The molecule has 0 unspecified atom stereocenters. The van der Waals surface area contributed by atoms with Crippen LogP contribution < -0.4 is 19.7 Å². The molecule has 166 valence electrons. The van der Waals surface area contributed by atoms with Crippen LogP contribution in [0.5, 0.6) is 11.5 Å². The first-order valence-electron chi connectivity index (χ1n) is 10.8. The third kappa shape index (κ3) is 5.57. The number of benzene rings is 2. The quantitative estimate of drug-likeness (QED) is 0.701. The van der Waals surface area contributed by atoms with Gasteiger partial charge in [0.15, 0.2) is 0 Å². The van der Waals surface area contributed by atoms with Crippen LogP contribution in [0.1, 0.15) is 40.2 Å². The Labute approximate surface area is 184 Å². The SMILES string of the molecule is CCOc1ccc(CC(=O)Nc2ccc3c(c2)OCC(C)(C)C(=O)N3CC(C)C)cc1. The van der Waals surface area contributed by atoms with Crippen molar-refractivity contribution in [2.45, 2.75) is 41.0 Å². The van der Waals surface area contributed by atoms with E-state index in [0.29, 0.717) is 30.5 Å². The van der Waals surface area contributed by atoms with E-state index in [9.17, 15) is 9.59 Å². The summed E-state index contributed by atoms with van der Waals surface area (Å²) in [6.07, 6.45) is 0.259. The van der Waals surface area contributed by atoms with Crippen LogP contribution in [0.4, 0.5) is 11.4 Å². The number of anilines is 2. The number of ether oxygens (including phenoxy) is 2. The summed E-state index contributed by atoms with van der Waals surface area (Å²) in [5.41, 5.74) is 1.67. The van der Waals surface area contributed by atoms with Gasteiger partial charge in [0.2, 0.25) is 11.8 Å². The second-order valence-electron chi connectivity index (χ2n) is 8.97. The molecule has 0 radical (unpaired) electrons. The van der Waals surface area contributed by atoms with Crippen LogP contribution in [-0.4, -0.2) is 31.6 Å². The molecule has 1 N–H and O–H groups in total. The Morgan fingerprint density at radius 2 is 1.90 bits per heavy atom. The standard InChI is InChI=1S/C25H32N2O4/c1-6-30-20-10-7-18(8-11-20)13-23(28)26-19-9-12-21-22(14-19)31-16-25(4,5)24(29)27(21)15-17(2)3/h7-12,14,17H,6,13,15-16H2,1-5H3,(H,26,28). The average molecular weight is 425 g/mol. The summed E-state index contributed by atoms with van der Waals surface area (Å²) in [5.74, 6) is 1.65. The van der Waals surface area contributed by atoms with Crippen molar-refractivity contribution in [3.8, 4) is 11.5 Å². The molecular weight excluding hydrogens is 392 g/mol. The maximum atomic E-state index is 13.1. The monoisotopic (exact) mass is 424 g/mol. The number of rotatable bonds is 7. The van der Waals surface area contributed by atoms with Crippen molar-refractivity contribution in [3.63, 3.8) is 0 Å². The number of hydrogen-bond donors (Lipinski definition) is 1. The Morgan fingerprint density at radius 1 is 1.19 bits per heavy atom. The Hall–Kier alpha value is -3.02. The summed E-state index contributed by atoms with van der Waals surface area (Å²) in [7, 11) is 0. The van der Waals surface area contributed by atoms with Gasteiger partial charge in [-0.15, -0.1) is 0 Å². The third-order valence-electron chi connectivity index (χ3n) is 5.09. The van der Waals surface area contributed by atoms with Crippen LogP contribution in [0.2, 0.25) is 0 Å². The zero-order valence-corrected chi connectivity index (χ0v) is 19.0. The number of amides is 2. The van der Waals surface area contributed by atoms with Crippen molar-refractivity contribution >= 4 is 23.2 Å². The molecule has 0 saturated heterocycles. The minimum Gasteiger partial charge on any atom is -0.494 e. The van der Waals surface area contributed by atoms with Crippen LogP contribution in [0.3, 0.4) is 0 Å². The van der Waals surface area contributed by atoms with Gasteiger partial charge in [0.05, 0.1) is 24.1 Å². The van der Waals surface area contributed by atoms with E-state index in [2.05, 4.69) is 19.2 Å². The molecule has 2 aromatic rings. The summed E-state index contributed by atoms with van der Waals surface area (Å²) in [6.45, 7) is 11.4. The Kier molecular flexibility index (Phi) is 6.88. The minimum absolute atomic E-state index is 0.0484. The summed E-state index contributed by atoms with van der Waals surface area (Å²) in [6, 6.07) is 13.0. The third-order valence-corrected chi connectivity index (χ3v) is 5.09. The van der Waals surface area contributed by atoms with Gasteiger partial charge >= 0.3 is 0 Å². The average Bonchev–Trinajstić information content (AvgIpc) is 2.79. The Bertz CT molecular complexity index is 935. The van der Waals surface area contributed by atoms with Gasteiger partial charge in [-0.2, -0.15) is 0 Å². The van der Waals surface area contributed by atoms with Gasteiger partial charge in [-0.1, -0.05) is 26.0 Å². The summed E-state index contributed by atoms with van der Waals surface area (Å²) >= 11 is 0. The number of carbonyl (C=O) groups is 2. The zero-order valence-electron chi connectivity index (χ0n) is 19.0. The molecular formula is C25H32N2O4. The van der Waals surface area contributed by atoms with E-state index in [1.807, 2.05) is 57.2 Å². The first kappa shape index (κ1) is 22.7. The van der Waals surface area contributed by atoms with Gasteiger partial charge in [-0.25, -0.2) is 0 Å². The Morgan fingerprint density at radius 3 is 2.55 bits per heavy atom. The highest BCUT2D eigenvalue weighted by Gasteiger charge is 2.38. The van der Waals surface area contributed by atoms with Gasteiger partial charge in [-0.3, -0.25) is 9.59 Å². The highest BCUT2D eigenvalue weighted by atomic mass is 16.5. The second kappa shape index (κ2) is 9.41. The summed E-state index contributed by atoms with van der Waals surface area (Å²) in [5, 5.41) is 2.93. The number of nitrogens with zero attached hydrogens (tertiary/aromatic N) is 1. The topological polar surface area (TPSA) is 67.9 Å². The van der Waals surface area contributed by atoms with Gasteiger partial charge in [0, 0.05) is 18.3 Å². The lowest BCUT2D eigenvalue weighted by molar-refractivity contribution is -0.127.